The molecule has 3 heterocycles. The van der Waals surface area contributed by atoms with Crippen LogP contribution in [-0.2, 0) is 46.6 Å². The number of benzene rings is 2. The van der Waals surface area contributed by atoms with Crippen LogP contribution in [-0.4, -0.2) is 115 Å². The third-order valence-corrected chi connectivity index (χ3v) is 18.0. The molecule has 0 bridgehead atoms. The van der Waals surface area contributed by atoms with Gasteiger partial charge in [0.15, 0.2) is 56.0 Å². The maximum atomic E-state index is 13.5. The van der Waals surface area contributed by atoms with Crippen molar-refractivity contribution in [3.05, 3.63) is 82.0 Å². The minimum Gasteiger partial charge on any atom is -0.458 e. The number of rotatable bonds is 18. The number of aliphatic hydroxyl groups is 2. The number of carbonyl (C=O) groups is 1. The Morgan fingerprint density at radius 1 is 0.623 bits per heavy atom. The molecule has 2 unspecified atom stereocenters. The van der Waals surface area contributed by atoms with Crippen LogP contribution >= 0.6 is 11.3 Å². The van der Waals surface area contributed by atoms with Crippen molar-refractivity contribution in [1.29, 1.82) is 0 Å². The van der Waals surface area contributed by atoms with Crippen LogP contribution in [0.2, 0.25) is 118 Å². The molecule has 0 saturated carbocycles. The van der Waals surface area contributed by atoms with E-state index in [1.54, 1.807) is 12.1 Å². The van der Waals surface area contributed by atoms with Crippen LogP contribution in [0.3, 0.4) is 0 Å². The Balaban J connectivity index is 0.000000365. The summed E-state index contributed by atoms with van der Waals surface area (Å²) in [5.41, 5.74) is 2.94. The lowest BCUT2D eigenvalue weighted by Crippen LogP contribution is -2.68. The van der Waals surface area contributed by atoms with Gasteiger partial charge in [-0.25, -0.2) is 9.18 Å². The molecular weight excluding hydrogens is 996 g/mol. The number of esters is 1. The molecule has 1 aromatic heterocycles. The van der Waals surface area contributed by atoms with Crippen molar-refractivity contribution in [3.63, 3.8) is 0 Å². The fraction of sp³-hybridized carbons (Fsp3) is 0.660. The van der Waals surface area contributed by atoms with Crippen LogP contribution in [0.5, 0.6) is 0 Å². The minimum absolute atomic E-state index is 0.257. The van der Waals surface area contributed by atoms with E-state index in [9.17, 15) is 19.4 Å². The van der Waals surface area contributed by atoms with Gasteiger partial charge in [-0.2, -0.15) is 0 Å². The summed E-state index contributed by atoms with van der Waals surface area (Å²) in [7, 11) is -12.1. The predicted molar refractivity (Wildman–Crippen MR) is 293 cm³/mol. The van der Waals surface area contributed by atoms with Gasteiger partial charge in [0, 0.05) is 15.3 Å². The standard InChI is InChI=1S/C34H51FO6SSi3.C16H36O5Si3/c1-12-27-31(39-43(3,4)5)32(40-44(6,7)8)33(41-45(9,10)11)34(37,38-27)24-16-13-22(2)26(21-24)30(36)29-20-19-28(42-29)23-14-17-25(35)18-15-23;1-11-12-13(19-22(2,3)4)14(20-23(5,6)7)15(16(17)18-12)21-24(8,9)10/h13-21,27,30-33,36-37H,12H2,1-11H3;12-15H,11H2,1-10H3/t27-,30?,31-,32+,33-,34?;12-,13-,14+,15-/m11/s1. The highest BCUT2D eigenvalue weighted by atomic mass is 32.1. The molecule has 2 aliphatic rings. The van der Waals surface area contributed by atoms with E-state index in [-0.39, 0.29) is 30.1 Å². The fourth-order valence-electron chi connectivity index (χ4n) is 8.42. The number of cyclic esters (lactones) is 1. The normalized spacial score (nSPS) is 26.8. The van der Waals surface area contributed by atoms with Gasteiger partial charge >= 0.3 is 5.97 Å². The van der Waals surface area contributed by atoms with E-state index in [1.807, 2.05) is 51.1 Å². The summed E-state index contributed by atoms with van der Waals surface area (Å²) in [4.78, 5) is 14.3. The van der Waals surface area contributed by atoms with Gasteiger partial charge in [-0.15, -0.1) is 11.3 Å². The second-order valence-corrected chi connectivity index (χ2v) is 52.3. The second kappa shape index (κ2) is 22.9. The first-order chi connectivity index (χ1) is 31.3. The van der Waals surface area contributed by atoms with Crippen molar-refractivity contribution >= 4 is 67.2 Å². The molecule has 11 nitrogen and oxygen atoms in total. The van der Waals surface area contributed by atoms with Gasteiger partial charge in [-0.3, -0.25) is 0 Å². The zero-order valence-corrected chi connectivity index (χ0v) is 52.5. The molecular formula is C50H87FO11SSi6. The number of aliphatic hydroxyl groups excluding tert-OH is 1. The summed E-state index contributed by atoms with van der Waals surface area (Å²) in [5, 5.41) is 24.4. The molecule has 390 valence electrons. The Labute approximate surface area is 424 Å². The summed E-state index contributed by atoms with van der Waals surface area (Å²) in [6.45, 7) is 44.2. The predicted octanol–water partition coefficient (Wildman–Crippen LogP) is 12.5. The molecule has 69 heavy (non-hydrogen) atoms. The van der Waals surface area contributed by atoms with E-state index in [0.29, 0.717) is 24.0 Å². The lowest BCUT2D eigenvalue weighted by atomic mass is 9.85. The van der Waals surface area contributed by atoms with E-state index in [0.717, 1.165) is 20.9 Å². The minimum atomic E-state index is -2.26. The molecule has 0 spiro atoms. The van der Waals surface area contributed by atoms with Crippen LogP contribution in [0, 0.1) is 12.7 Å². The first-order valence-corrected chi connectivity index (χ1v) is 45.9. The Hall–Kier alpha value is -1.52. The fourth-order valence-corrected chi connectivity index (χ4v) is 15.8. The van der Waals surface area contributed by atoms with Gasteiger partial charge in [-0.1, -0.05) is 38.1 Å². The zero-order chi connectivity index (χ0) is 52.5. The maximum Gasteiger partial charge on any atom is 0.337 e. The number of thiophene rings is 1. The smallest absolute Gasteiger partial charge is 0.337 e. The molecule has 2 aliphatic heterocycles. The van der Waals surface area contributed by atoms with Crippen molar-refractivity contribution in [2.45, 2.75) is 212 Å². The topological polar surface area (TPSA) is 131 Å². The van der Waals surface area contributed by atoms with Crippen molar-refractivity contribution in [3.8, 4) is 10.4 Å². The molecule has 0 radical (unpaired) electrons. The summed E-state index contributed by atoms with van der Waals surface area (Å²) in [6, 6.07) is 15.8. The molecule has 19 heteroatoms. The van der Waals surface area contributed by atoms with Crippen molar-refractivity contribution in [1.82, 2.24) is 0 Å². The third kappa shape index (κ3) is 17.6. The first kappa shape index (κ1) is 60.0. The highest BCUT2D eigenvalue weighted by molar-refractivity contribution is 7.15. The molecule has 2 aromatic carbocycles. The summed E-state index contributed by atoms with van der Waals surface area (Å²) in [6.07, 6.45) is -3.45. The first-order valence-electron chi connectivity index (χ1n) is 24.7. The van der Waals surface area contributed by atoms with Crippen LogP contribution in [0.1, 0.15) is 54.4 Å². The van der Waals surface area contributed by atoms with Crippen LogP contribution in [0.4, 0.5) is 4.39 Å². The summed E-state index contributed by atoms with van der Waals surface area (Å²) >= 11 is 1.46. The van der Waals surface area contributed by atoms with Crippen molar-refractivity contribution in [2.24, 2.45) is 0 Å². The van der Waals surface area contributed by atoms with E-state index in [1.165, 1.54) is 23.5 Å². The molecule has 0 aliphatic carbocycles. The number of hydrogen-bond acceptors (Lipinski definition) is 12. The van der Waals surface area contributed by atoms with E-state index >= 15 is 0 Å². The number of hydrogen-bond donors (Lipinski definition) is 2. The average Bonchev–Trinajstić information content (AvgIpc) is 3.68. The SMILES string of the molecule is CC[C@H]1OC(=O)[C@H](O[Si](C)(C)C)[C@@H](O[Si](C)(C)C)[C@@H]1O[Si](C)(C)C.CC[C@H]1OC(O)(c2ccc(C)c(C(O)c3ccc(-c4ccc(F)cc4)s3)c2)[C@H](O[Si](C)(C)C)[C@@H](O[Si](C)(C)C)[C@@H]1O[Si](C)(C)C. The highest BCUT2D eigenvalue weighted by Crippen LogP contribution is 2.45. The molecule has 0 amide bonds. The van der Waals surface area contributed by atoms with Gasteiger partial charge in [0.05, 0.1) is 12.2 Å². The number of halogens is 1. The number of aryl methyl sites for hydroxylation is 1. The van der Waals surface area contributed by atoms with Gasteiger partial charge < -0.3 is 46.2 Å². The largest absolute Gasteiger partial charge is 0.458 e. The number of ether oxygens (including phenoxy) is 2. The third-order valence-electron chi connectivity index (χ3n) is 10.9. The maximum absolute atomic E-state index is 13.5. The Morgan fingerprint density at radius 3 is 1.57 bits per heavy atom. The monoisotopic (exact) mass is 1080 g/mol. The lowest BCUT2D eigenvalue weighted by Gasteiger charge is -2.54. The molecule has 3 aromatic rings. The van der Waals surface area contributed by atoms with E-state index in [2.05, 4.69) is 118 Å². The second-order valence-electron chi connectivity index (χ2n) is 24.4. The average molecular weight is 1080 g/mol. The summed E-state index contributed by atoms with van der Waals surface area (Å²) < 4.78 is 65.4. The van der Waals surface area contributed by atoms with Crippen LogP contribution < -0.4 is 0 Å². The van der Waals surface area contributed by atoms with Gasteiger partial charge in [0.25, 0.3) is 0 Å². The Bertz CT molecular complexity index is 2140. The molecule has 10 atom stereocenters. The molecule has 5 rings (SSSR count). The zero-order valence-electron chi connectivity index (χ0n) is 45.7. The molecule has 2 saturated heterocycles. The highest BCUT2D eigenvalue weighted by Gasteiger charge is 2.59. The van der Waals surface area contributed by atoms with Crippen molar-refractivity contribution in [2.75, 3.05) is 0 Å². The van der Waals surface area contributed by atoms with Gasteiger partial charge in [0.1, 0.15) is 42.4 Å². The van der Waals surface area contributed by atoms with E-state index < -0.39 is 92.3 Å². The Morgan fingerprint density at radius 2 is 1.09 bits per heavy atom. The van der Waals surface area contributed by atoms with E-state index in [4.69, 9.17) is 36.0 Å². The van der Waals surface area contributed by atoms with Gasteiger partial charge in [-0.05, 0) is 185 Å². The number of carbonyl (C=O) groups excluding carboxylic acids is 1. The Kier molecular flexibility index (Phi) is 20.0. The van der Waals surface area contributed by atoms with Crippen LogP contribution in [0.25, 0.3) is 10.4 Å². The van der Waals surface area contributed by atoms with Crippen molar-refractivity contribution < 1.29 is 55.4 Å². The lowest BCUT2D eigenvalue weighted by molar-refractivity contribution is -0.346. The molecule has 2 N–H and O–H groups in total. The molecule has 2 fully saturated rings. The van der Waals surface area contributed by atoms with Crippen LogP contribution in [0.15, 0.2) is 54.6 Å². The quantitative estimate of drug-likeness (QED) is 0.0932. The van der Waals surface area contributed by atoms with Gasteiger partial charge in [0.2, 0.25) is 5.79 Å². The summed E-state index contributed by atoms with van der Waals surface area (Å²) in [5.74, 6) is -2.44.